The number of carbonyl (C=O) groups is 1. The summed E-state index contributed by atoms with van der Waals surface area (Å²) in [4.78, 5) is 19.1. The van der Waals surface area contributed by atoms with E-state index in [1.807, 2.05) is 41.3 Å². The Kier molecular flexibility index (Phi) is 4.20. The van der Waals surface area contributed by atoms with Crippen molar-refractivity contribution >= 4 is 5.91 Å². The average molecular weight is 377 g/mol. The van der Waals surface area contributed by atoms with Gasteiger partial charge in [0.25, 0.3) is 0 Å². The number of nitrogens with zero attached hydrogens (tertiary/aromatic N) is 3. The summed E-state index contributed by atoms with van der Waals surface area (Å²) in [7, 11) is 0. The fourth-order valence-electron chi connectivity index (χ4n) is 3.99. The van der Waals surface area contributed by atoms with Gasteiger partial charge in [0.15, 0.2) is 17.3 Å². The second-order valence-electron chi connectivity index (χ2n) is 7.08. The third kappa shape index (κ3) is 3.09. The fraction of sp³-hybridized carbons (Fsp3) is 0.286. The average Bonchev–Trinajstić information content (AvgIpc) is 3.47. The highest BCUT2D eigenvalue weighted by Gasteiger charge is 2.39. The summed E-state index contributed by atoms with van der Waals surface area (Å²) in [6, 6.07) is 15.8. The number of ether oxygens (including phenoxy) is 2. The molecular weight excluding hydrogens is 358 g/mol. The van der Waals surface area contributed by atoms with Crippen molar-refractivity contribution < 1.29 is 18.8 Å². The lowest BCUT2D eigenvalue weighted by atomic mass is 9.88. The molecule has 3 aromatic rings. The van der Waals surface area contributed by atoms with Crippen LogP contribution in [0, 0.1) is 0 Å². The molecule has 0 bridgehead atoms. The zero-order valence-electron chi connectivity index (χ0n) is 15.2. The van der Waals surface area contributed by atoms with Gasteiger partial charge in [-0.1, -0.05) is 41.6 Å². The number of fused-ring (bicyclic) bond motifs is 1. The van der Waals surface area contributed by atoms with E-state index in [-0.39, 0.29) is 24.5 Å². The minimum Gasteiger partial charge on any atom is -0.454 e. The van der Waals surface area contributed by atoms with Crippen LogP contribution in [-0.2, 0) is 11.2 Å². The number of hydrogen-bond acceptors (Lipinski definition) is 6. The molecule has 7 heteroatoms. The van der Waals surface area contributed by atoms with Crippen LogP contribution >= 0.6 is 0 Å². The molecule has 2 aliphatic heterocycles. The maximum absolute atomic E-state index is 13.0. The molecule has 0 radical (unpaired) electrons. The zero-order chi connectivity index (χ0) is 18.9. The first kappa shape index (κ1) is 16.8. The number of benzene rings is 2. The van der Waals surface area contributed by atoms with Gasteiger partial charge in [0.1, 0.15) is 0 Å². The first-order valence-corrected chi connectivity index (χ1v) is 9.25. The molecule has 2 aromatic carbocycles. The molecule has 5 rings (SSSR count). The number of carbonyl (C=O) groups excluding carboxylic acids is 1. The molecule has 0 aliphatic carbocycles. The van der Waals surface area contributed by atoms with E-state index in [9.17, 15) is 4.79 Å². The van der Waals surface area contributed by atoms with E-state index >= 15 is 0 Å². The lowest BCUT2D eigenvalue weighted by molar-refractivity contribution is -0.129. The van der Waals surface area contributed by atoms with Crippen LogP contribution in [0.3, 0.4) is 0 Å². The van der Waals surface area contributed by atoms with Gasteiger partial charge in [-0.25, -0.2) is 0 Å². The summed E-state index contributed by atoms with van der Waals surface area (Å²) in [6.45, 7) is 1.43. The Morgan fingerprint density at radius 1 is 1.04 bits per heavy atom. The predicted molar refractivity (Wildman–Crippen MR) is 99.1 cm³/mol. The van der Waals surface area contributed by atoms with Crippen LogP contribution in [0.25, 0.3) is 0 Å². The molecule has 1 saturated heterocycles. The summed E-state index contributed by atoms with van der Waals surface area (Å²) in [6.07, 6.45) is 1.66. The van der Waals surface area contributed by atoms with Crippen molar-refractivity contribution in [2.24, 2.45) is 0 Å². The van der Waals surface area contributed by atoms with E-state index in [1.54, 1.807) is 0 Å². The molecule has 0 N–H and O–H groups in total. The Bertz CT molecular complexity index is 975. The highest BCUT2D eigenvalue weighted by atomic mass is 16.7. The highest BCUT2D eigenvalue weighted by molar-refractivity contribution is 5.79. The number of likely N-dealkylation sites (tertiary alicyclic amines) is 1. The van der Waals surface area contributed by atoms with Crippen LogP contribution < -0.4 is 9.47 Å². The molecule has 2 atom stereocenters. The van der Waals surface area contributed by atoms with Gasteiger partial charge in [0.05, 0.1) is 6.42 Å². The first-order chi connectivity index (χ1) is 13.8. The minimum atomic E-state index is 0.0156. The van der Waals surface area contributed by atoms with Gasteiger partial charge in [-0.15, -0.1) is 0 Å². The smallest absolute Gasteiger partial charge is 0.231 e. The molecule has 1 amide bonds. The van der Waals surface area contributed by atoms with Crippen LogP contribution in [0.2, 0.25) is 0 Å². The summed E-state index contributed by atoms with van der Waals surface area (Å²) >= 11 is 0. The molecule has 1 fully saturated rings. The number of rotatable bonds is 4. The second-order valence-corrected chi connectivity index (χ2v) is 7.08. The van der Waals surface area contributed by atoms with Gasteiger partial charge in [-0.3, -0.25) is 4.79 Å². The van der Waals surface area contributed by atoms with Crippen molar-refractivity contribution in [3.05, 3.63) is 71.9 Å². The molecule has 28 heavy (non-hydrogen) atoms. The van der Waals surface area contributed by atoms with Crippen molar-refractivity contribution in [2.45, 2.75) is 18.3 Å². The normalized spacial score (nSPS) is 20.5. The quantitative estimate of drug-likeness (QED) is 0.696. The Morgan fingerprint density at radius 3 is 2.68 bits per heavy atom. The topological polar surface area (TPSA) is 77.7 Å². The SMILES string of the molecule is O=C(Cc1ccc2c(c1)OCO2)N1C[C@@H](c2ccccc2)[C@H](c2ncon2)C1. The summed E-state index contributed by atoms with van der Waals surface area (Å²) < 4.78 is 15.7. The van der Waals surface area contributed by atoms with Crippen molar-refractivity contribution in [3.8, 4) is 11.5 Å². The predicted octanol–water partition coefficient (Wildman–Crippen LogP) is 2.75. The van der Waals surface area contributed by atoms with Crippen LogP contribution in [0.1, 0.15) is 28.8 Å². The number of amides is 1. The minimum absolute atomic E-state index is 0.0156. The largest absolute Gasteiger partial charge is 0.454 e. The van der Waals surface area contributed by atoms with Crippen molar-refractivity contribution in [1.82, 2.24) is 15.0 Å². The molecule has 7 nitrogen and oxygen atoms in total. The van der Waals surface area contributed by atoms with Gasteiger partial charge < -0.3 is 18.9 Å². The van der Waals surface area contributed by atoms with E-state index in [0.717, 1.165) is 11.3 Å². The lowest BCUT2D eigenvalue weighted by Gasteiger charge is -2.17. The molecule has 3 heterocycles. The van der Waals surface area contributed by atoms with Gasteiger partial charge in [-0.05, 0) is 23.3 Å². The van der Waals surface area contributed by atoms with Gasteiger partial charge >= 0.3 is 0 Å². The van der Waals surface area contributed by atoms with Crippen LogP contribution in [0.5, 0.6) is 11.5 Å². The van der Waals surface area contributed by atoms with E-state index in [1.165, 1.54) is 12.0 Å². The van der Waals surface area contributed by atoms with Crippen LogP contribution in [-0.4, -0.2) is 40.8 Å². The molecular formula is C21H19N3O4. The van der Waals surface area contributed by atoms with Crippen LogP contribution in [0.4, 0.5) is 0 Å². The standard InChI is InChI=1S/C21H19N3O4/c25-20(9-14-6-7-18-19(8-14)27-13-26-18)24-10-16(15-4-2-1-3-5-15)17(11-24)21-22-12-28-23-21/h1-8,12,16-17H,9-11,13H2/t16-,17+/m0/s1. The third-order valence-corrected chi connectivity index (χ3v) is 5.40. The van der Waals surface area contributed by atoms with E-state index in [2.05, 4.69) is 22.3 Å². The zero-order valence-corrected chi connectivity index (χ0v) is 15.2. The summed E-state index contributed by atoms with van der Waals surface area (Å²) in [5, 5.41) is 4.04. The molecule has 2 aliphatic rings. The highest BCUT2D eigenvalue weighted by Crippen LogP contribution is 2.39. The Hall–Kier alpha value is -3.35. The lowest BCUT2D eigenvalue weighted by Crippen LogP contribution is -2.30. The second kappa shape index (κ2) is 6.99. The summed E-state index contributed by atoms with van der Waals surface area (Å²) in [5.41, 5.74) is 2.09. The van der Waals surface area contributed by atoms with E-state index in [4.69, 9.17) is 14.0 Å². The molecule has 142 valence electrons. The monoisotopic (exact) mass is 377 g/mol. The van der Waals surface area contributed by atoms with Crippen LogP contribution in [0.15, 0.2) is 59.4 Å². The van der Waals surface area contributed by atoms with Gasteiger partial charge in [0, 0.05) is 24.9 Å². The Morgan fingerprint density at radius 2 is 1.86 bits per heavy atom. The maximum atomic E-state index is 13.0. The summed E-state index contributed by atoms with van der Waals surface area (Å²) in [5.74, 6) is 2.29. The van der Waals surface area contributed by atoms with Gasteiger partial charge in [-0.2, -0.15) is 4.98 Å². The number of aromatic nitrogens is 2. The molecule has 0 unspecified atom stereocenters. The molecule has 0 spiro atoms. The Balaban J connectivity index is 1.36. The maximum Gasteiger partial charge on any atom is 0.231 e. The Labute approximate surface area is 161 Å². The van der Waals surface area contributed by atoms with Gasteiger partial charge in [0.2, 0.25) is 19.1 Å². The van der Waals surface area contributed by atoms with Crippen molar-refractivity contribution in [3.63, 3.8) is 0 Å². The van der Waals surface area contributed by atoms with Crippen molar-refractivity contribution in [2.75, 3.05) is 19.9 Å². The first-order valence-electron chi connectivity index (χ1n) is 9.25. The van der Waals surface area contributed by atoms with Crippen molar-refractivity contribution in [1.29, 1.82) is 0 Å². The fourth-order valence-corrected chi connectivity index (χ4v) is 3.99. The van der Waals surface area contributed by atoms with E-state index in [0.29, 0.717) is 31.1 Å². The van der Waals surface area contributed by atoms with E-state index < -0.39 is 0 Å². The third-order valence-electron chi connectivity index (χ3n) is 5.40. The number of hydrogen-bond donors (Lipinski definition) is 0. The molecule has 1 aromatic heterocycles. The molecule has 0 saturated carbocycles.